The summed E-state index contributed by atoms with van der Waals surface area (Å²) in [5.41, 5.74) is 3.01. The Morgan fingerprint density at radius 3 is 2.48 bits per heavy atom. The maximum absolute atomic E-state index is 4.31. The molecule has 31 heavy (non-hydrogen) atoms. The van der Waals surface area contributed by atoms with Crippen LogP contribution in [0.15, 0.2) is 83.5 Å². The van der Waals surface area contributed by atoms with Crippen LogP contribution in [0, 0.1) is 0 Å². The summed E-state index contributed by atoms with van der Waals surface area (Å²) in [4.78, 5) is 2.35. The smallest absolute Gasteiger partial charge is 0.252 e. The van der Waals surface area contributed by atoms with Crippen LogP contribution in [0.1, 0.15) is 6.92 Å². The first-order valence-electron chi connectivity index (χ1n) is 9.88. The second kappa shape index (κ2) is 10.9. The molecule has 0 unspecified atom stereocenters. The van der Waals surface area contributed by atoms with Crippen LogP contribution < -0.4 is 26.4 Å². The minimum absolute atomic E-state index is 0. The zero-order valence-electron chi connectivity index (χ0n) is 17.5. The van der Waals surface area contributed by atoms with E-state index in [1.54, 1.807) is 0 Å². The molecule has 2 aromatic heterocycles. The van der Waals surface area contributed by atoms with Crippen LogP contribution in [-0.2, 0) is 13.6 Å². The van der Waals surface area contributed by atoms with Gasteiger partial charge in [-0.15, -0.1) is 20.4 Å². The van der Waals surface area contributed by atoms with E-state index in [2.05, 4.69) is 72.2 Å². The fourth-order valence-electron chi connectivity index (χ4n) is 3.12. The Hall–Kier alpha value is -2.91. The van der Waals surface area contributed by atoms with Crippen molar-refractivity contribution in [3.63, 3.8) is 0 Å². The molecule has 0 aliphatic carbocycles. The van der Waals surface area contributed by atoms with E-state index in [4.69, 9.17) is 0 Å². The minimum Gasteiger partial charge on any atom is -1.00 e. The van der Waals surface area contributed by atoms with Gasteiger partial charge in [0.05, 0.1) is 19.3 Å². The SMILES string of the molecule is CCN(CCn1cc[n+](C)c1)c1ccc(/N=N/c2nnc(-c3ccccc3)s2)cc1.[Br-]. The Bertz CT molecular complexity index is 1110. The number of rotatable bonds is 8. The van der Waals surface area contributed by atoms with Crippen LogP contribution in [0.3, 0.4) is 0 Å². The van der Waals surface area contributed by atoms with E-state index in [1.807, 2.05) is 49.5 Å². The molecular formula is C22H24BrN7S. The Morgan fingerprint density at radius 2 is 1.81 bits per heavy atom. The van der Waals surface area contributed by atoms with Gasteiger partial charge in [0.15, 0.2) is 0 Å². The summed E-state index contributed by atoms with van der Waals surface area (Å²) in [6, 6.07) is 18.1. The largest absolute Gasteiger partial charge is 1.00 e. The number of imidazole rings is 1. The minimum atomic E-state index is 0. The van der Waals surface area contributed by atoms with Gasteiger partial charge in [-0.05, 0) is 31.2 Å². The van der Waals surface area contributed by atoms with Gasteiger partial charge in [-0.25, -0.2) is 9.13 Å². The standard InChI is InChI=1S/C22H24N7S.BrH/c1-3-29(16-15-28-14-13-27(2)17-28)20-11-9-19(10-12-20)23-25-22-26-24-21(30-22)18-7-5-4-6-8-18;/h4-14,17H,3,15-16H2,1-2H3;1H/q+1;/p-1/b25-23+;. The van der Waals surface area contributed by atoms with E-state index in [-0.39, 0.29) is 17.0 Å². The Labute approximate surface area is 196 Å². The van der Waals surface area contributed by atoms with E-state index in [0.717, 1.165) is 35.9 Å². The molecule has 0 radical (unpaired) electrons. The van der Waals surface area contributed by atoms with Crippen LogP contribution in [0.25, 0.3) is 10.6 Å². The average molecular weight is 498 g/mol. The third-order valence-electron chi connectivity index (χ3n) is 4.73. The number of hydrogen-bond donors (Lipinski definition) is 0. The van der Waals surface area contributed by atoms with Crippen molar-refractivity contribution in [2.45, 2.75) is 13.5 Å². The lowest BCUT2D eigenvalue weighted by molar-refractivity contribution is -0.671. The molecule has 0 saturated heterocycles. The summed E-state index contributed by atoms with van der Waals surface area (Å²) in [5.74, 6) is 0. The van der Waals surface area contributed by atoms with Gasteiger partial charge in [0.1, 0.15) is 23.9 Å². The molecule has 0 aliphatic heterocycles. The van der Waals surface area contributed by atoms with Gasteiger partial charge in [-0.2, -0.15) is 0 Å². The van der Waals surface area contributed by atoms with Crippen LogP contribution in [-0.4, -0.2) is 27.9 Å². The second-order valence-electron chi connectivity index (χ2n) is 6.87. The third kappa shape index (κ3) is 6.05. The van der Waals surface area contributed by atoms with Gasteiger partial charge in [0.2, 0.25) is 6.33 Å². The van der Waals surface area contributed by atoms with E-state index >= 15 is 0 Å². The number of hydrogen-bond acceptors (Lipinski definition) is 6. The first-order valence-corrected chi connectivity index (χ1v) is 10.7. The Balaban J connectivity index is 0.00000272. The molecule has 0 spiro atoms. The van der Waals surface area contributed by atoms with Crippen molar-refractivity contribution in [1.82, 2.24) is 14.8 Å². The summed E-state index contributed by atoms with van der Waals surface area (Å²) in [6.45, 7) is 5.00. The lowest BCUT2D eigenvalue weighted by Crippen LogP contribution is -3.00. The maximum Gasteiger partial charge on any atom is 0.252 e. The van der Waals surface area contributed by atoms with Crippen molar-refractivity contribution in [3.05, 3.63) is 73.3 Å². The molecule has 0 saturated carbocycles. The van der Waals surface area contributed by atoms with E-state index in [1.165, 1.54) is 17.0 Å². The summed E-state index contributed by atoms with van der Waals surface area (Å²) in [6.07, 6.45) is 6.23. The maximum atomic E-state index is 4.31. The van der Waals surface area contributed by atoms with Crippen molar-refractivity contribution in [3.8, 4) is 10.6 Å². The summed E-state index contributed by atoms with van der Waals surface area (Å²) >= 11 is 1.43. The van der Waals surface area contributed by atoms with Gasteiger partial charge < -0.3 is 21.9 Å². The van der Waals surface area contributed by atoms with E-state index in [9.17, 15) is 0 Å². The zero-order chi connectivity index (χ0) is 20.8. The van der Waals surface area contributed by atoms with Crippen molar-refractivity contribution < 1.29 is 21.5 Å². The molecule has 0 fully saturated rings. The second-order valence-corrected chi connectivity index (χ2v) is 7.82. The van der Waals surface area contributed by atoms with Crippen LogP contribution in [0.5, 0.6) is 0 Å². The number of likely N-dealkylation sites (N-methyl/N-ethyl adjacent to an activating group) is 1. The zero-order valence-corrected chi connectivity index (χ0v) is 19.9. The topological polar surface area (TPSA) is 62.5 Å². The predicted octanol–water partition coefficient (Wildman–Crippen LogP) is 1.78. The number of aromatic nitrogens is 4. The van der Waals surface area contributed by atoms with Gasteiger partial charge in [0, 0.05) is 17.8 Å². The molecule has 2 aromatic carbocycles. The predicted molar refractivity (Wildman–Crippen MR) is 119 cm³/mol. The van der Waals surface area contributed by atoms with Crippen molar-refractivity contribution in [2.24, 2.45) is 17.3 Å². The fourth-order valence-corrected chi connectivity index (χ4v) is 3.80. The molecule has 0 N–H and O–H groups in total. The third-order valence-corrected chi connectivity index (χ3v) is 5.59. The summed E-state index contributed by atoms with van der Waals surface area (Å²) in [7, 11) is 2.03. The lowest BCUT2D eigenvalue weighted by Gasteiger charge is -2.22. The van der Waals surface area contributed by atoms with Gasteiger partial charge >= 0.3 is 0 Å². The molecular weight excluding hydrogens is 474 g/mol. The summed E-state index contributed by atoms with van der Waals surface area (Å²) < 4.78 is 4.24. The van der Waals surface area contributed by atoms with Crippen molar-refractivity contribution in [2.75, 3.05) is 18.0 Å². The quantitative estimate of drug-likeness (QED) is 0.275. The molecule has 0 aliphatic rings. The molecule has 0 amide bonds. The molecule has 7 nitrogen and oxygen atoms in total. The molecule has 160 valence electrons. The van der Waals surface area contributed by atoms with Gasteiger partial charge in [-0.3, -0.25) is 0 Å². The molecule has 0 atom stereocenters. The number of benzene rings is 2. The van der Waals surface area contributed by atoms with Crippen LogP contribution in [0.4, 0.5) is 16.5 Å². The average Bonchev–Trinajstić information content (AvgIpc) is 3.43. The number of halogens is 1. The van der Waals surface area contributed by atoms with E-state index < -0.39 is 0 Å². The molecule has 0 bridgehead atoms. The van der Waals surface area contributed by atoms with Crippen LogP contribution in [0.2, 0.25) is 0 Å². The number of aryl methyl sites for hydroxylation is 1. The highest BCUT2D eigenvalue weighted by Crippen LogP contribution is 2.29. The number of nitrogens with zero attached hydrogens (tertiary/aromatic N) is 7. The molecule has 9 heteroatoms. The highest BCUT2D eigenvalue weighted by Gasteiger charge is 2.08. The highest BCUT2D eigenvalue weighted by molar-refractivity contribution is 7.18. The monoisotopic (exact) mass is 497 g/mol. The van der Waals surface area contributed by atoms with Crippen LogP contribution >= 0.6 is 11.3 Å². The van der Waals surface area contributed by atoms with E-state index in [0.29, 0.717) is 5.13 Å². The summed E-state index contributed by atoms with van der Waals surface area (Å²) in [5, 5.41) is 18.3. The first-order chi connectivity index (χ1) is 14.7. The van der Waals surface area contributed by atoms with Crippen molar-refractivity contribution in [1.29, 1.82) is 0 Å². The Morgan fingerprint density at radius 1 is 1.03 bits per heavy atom. The molecule has 4 aromatic rings. The normalized spacial score (nSPS) is 10.9. The fraction of sp³-hybridized carbons (Fsp3) is 0.227. The number of azo groups is 1. The first kappa shape index (κ1) is 22.8. The van der Waals surface area contributed by atoms with Crippen molar-refractivity contribution >= 4 is 27.8 Å². The van der Waals surface area contributed by atoms with Gasteiger partial charge in [0.25, 0.3) is 5.13 Å². The van der Waals surface area contributed by atoms with Gasteiger partial charge in [-0.1, -0.05) is 41.7 Å². The molecule has 2 heterocycles. The Kier molecular flexibility index (Phi) is 8.02. The lowest BCUT2D eigenvalue weighted by atomic mass is 10.2. The molecule has 4 rings (SSSR count). The highest BCUT2D eigenvalue weighted by atomic mass is 79.9. The number of anilines is 1.